The van der Waals surface area contributed by atoms with Crippen LogP contribution in [0, 0.1) is 23.0 Å². The first-order chi connectivity index (χ1) is 12.4. The van der Waals surface area contributed by atoms with E-state index in [9.17, 15) is 24.8 Å². The van der Waals surface area contributed by atoms with Gasteiger partial charge in [-0.15, -0.1) is 0 Å². The van der Waals surface area contributed by atoms with Gasteiger partial charge >= 0.3 is 6.09 Å². The largest absolute Gasteiger partial charge is 0.464 e. The maximum Gasteiger partial charge on any atom is 0.420 e. The lowest BCUT2D eigenvalue weighted by Crippen LogP contribution is -2.37. The predicted molar refractivity (Wildman–Crippen MR) is 88.2 cm³/mol. The minimum atomic E-state index is -1.42. The number of aromatic nitrogens is 2. The van der Waals surface area contributed by atoms with Gasteiger partial charge in [0.1, 0.15) is 17.8 Å². The number of pyridine rings is 2. The van der Waals surface area contributed by atoms with Crippen LogP contribution in [-0.2, 0) is 4.79 Å². The highest BCUT2D eigenvalue weighted by molar-refractivity contribution is 6.12. The molecule has 0 bridgehead atoms. The first-order valence-corrected chi connectivity index (χ1v) is 7.68. The number of ether oxygens (including phenoxy) is 1. The van der Waals surface area contributed by atoms with E-state index < -0.39 is 16.9 Å². The molecule has 2 amide bonds. The number of nitro groups is 1. The maximum absolute atomic E-state index is 12.2. The molecule has 2 aromatic rings. The lowest BCUT2D eigenvalue weighted by molar-refractivity contribution is -0.385. The molecule has 2 aromatic heterocycles. The molecular formula is C16H14N4O6. The predicted octanol–water partition coefficient (Wildman–Crippen LogP) is 2.91. The Labute approximate surface area is 147 Å². The van der Waals surface area contributed by atoms with Crippen molar-refractivity contribution in [2.75, 3.05) is 4.90 Å². The van der Waals surface area contributed by atoms with Crippen molar-refractivity contribution in [2.45, 2.75) is 19.8 Å². The standard InChI is InChI=1S/C16H14N4O6/c1-9-6-11(20(24)25)8-18-14(9)26-12-4-5-17-13(7-12)19(16(22)23)15(21)10-2-3-10/h4-8,10H,2-3H2,1H3,(H,22,23). The van der Waals surface area contributed by atoms with Crippen molar-refractivity contribution in [1.82, 2.24) is 9.97 Å². The van der Waals surface area contributed by atoms with Crippen molar-refractivity contribution in [3.63, 3.8) is 0 Å². The summed E-state index contributed by atoms with van der Waals surface area (Å²) >= 11 is 0. The summed E-state index contributed by atoms with van der Waals surface area (Å²) in [6.07, 6.45) is 2.26. The molecule has 1 aliphatic rings. The zero-order valence-corrected chi connectivity index (χ0v) is 13.7. The number of carbonyl (C=O) groups is 2. The van der Waals surface area contributed by atoms with E-state index >= 15 is 0 Å². The zero-order chi connectivity index (χ0) is 18.8. The van der Waals surface area contributed by atoms with Crippen molar-refractivity contribution in [1.29, 1.82) is 0 Å². The molecule has 1 aliphatic carbocycles. The van der Waals surface area contributed by atoms with E-state index in [0.29, 0.717) is 23.3 Å². The second-order valence-corrected chi connectivity index (χ2v) is 5.75. The van der Waals surface area contributed by atoms with Crippen LogP contribution in [0.3, 0.4) is 0 Å². The minimum absolute atomic E-state index is 0.0773. The summed E-state index contributed by atoms with van der Waals surface area (Å²) in [4.78, 5) is 42.2. The third kappa shape index (κ3) is 3.58. The third-order valence-electron chi connectivity index (χ3n) is 3.73. The molecule has 0 aromatic carbocycles. The number of nitrogens with zero attached hydrogens (tertiary/aromatic N) is 4. The number of hydrogen-bond donors (Lipinski definition) is 1. The third-order valence-corrected chi connectivity index (χ3v) is 3.73. The Bertz CT molecular complexity index is 896. The van der Waals surface area contributed by atoms with Crippen LogP contribution in [0.15, 0.2) is 30.6 Å². The molecule has 10 heteroatoms. The Morgan fingerprint density at radius 3 is 2.65 bits per heavy atom. The number of imide groups is 1. The van der Waals surface area contributed by atoms with Crippen LogP contribution in [0.1, 0.15) is 18.4 Å². The number of hydrogen-bond acceptors (Lipinski definition) is 7. The van der Waals surface area contributed by atoms with E-state index in [1.54, 1.807) is 6.92 Å². The summed E-state index contributed by atoms with van der Waals surface area (Å²) in [6, 6.07) is 4.08. The molecule has 1 N–H and O–H groups in total. The van der Waals surface area contributed by atoms with Crippen LogP contribution >= 0.6 is 0 Å². The molecule has 1 fully saturated rings. The summed E-state index contributed by atoms with van der Waals surface area (Å²) in [5.41, 5.74) is 0.263. The van der Waals surface area contributed by atoms with E-state index in [4.69, 9.17) is 4.74 Å². The van der Waals surface area contributed by atoms with Gasteiger partial charge in [0, 0.05) is 29.8 Å². The molecule has 10 nitrogen and oxygen atoms in total. The second kappa shape index (κ2) is 6.75. The van der Waals surface area contributed by atoms with Gasteiger partial charge in [0.05, 0.1) is 4.92 Å². The molecular weight excluding hydrogens is 344 g/mol. The molecule has 0 aliphatic heterocycles. The maximum atomic E-state index is 12.2. The monoisotopic (exact) mass is 358 g/mol. The van der Waals surface area contributed by atoms with Gasteiger partial charge in [0.25, 0.3) is 5.69 Å². The number of aryl methyl sites for hydroxylation is 1. The van der Waals surface area contributed by atoms with Gasteiger partial charge in [-0.3, -0.25) is 14.9 Å². The van der Waals surface area contributed by atoms with Gasteiger partial charge in [-0.1, -0.05) is 0 Å². The second-order valence-electron chi connectivity index (χ2n) is 5.75. The lowest BCUT2D eigenvalue weighted by atomic mass is 10.3. The molecule has 134 valence electrons. The number of carbonyl (C=O) groups excluding carboxylic acids is 1. The van der Waals surface area contributed by atoms with Gasteiger partial charge in [0.15, 0.2) is 0 Å². The summed E-state index contributed by atoms with van der Waals surface area (Å²) < 4.78 is 5.57. The Morgan fingerprint density at radius 2 is 2.08 bits per heavy atom. The summed E-state index contributed by atoms with van der Waals surface area (Å²) in [5, 5.41) is 20.1. The van der Waals surface area contributed by atoms with Crippen molar-refractivity contribution >= 4 is 23.5 Å². The highest BCUT2D eigenvalue weighted by atomic mass is 16.6. The minimum Gasteiger partial charge on any atom is -0.464 e. The van der Waals surface area contributed by atoms with Crippen LogP contribution in [0.5, 0.6) is 11.6 Å². The topological polar surface area (TPSA) is 136 Å². The van der Waals surface area contributed by atoms with E-state index in [2.05, 4.69) is 9.97 Å². The van der Waals surface area contributed by atoms with Gasteiger partial charge in [0.2, 0.25) is 11.8 Å². The van der Waals surface area contributed by atoms with Crippen LogP contribution in [-0.4, -0.2) is 32.0 Å². The van der Waals surface area contributed by atoms with Crippen LogP contribution in [0.2, 0.25) is 0 Å². The molecule has 0 atom stereocenters. The van der Waals surface area contributed by atoms with Crippen LogP contribution in [0.4, 0.5) is 16.3 Å². The number of anilines is 1. The Hall–Kier alpha value is -3.56. The molecule has 0 spiro atoms. The average molecular weight is 358 g/mol. The zero-order valence-electron chi connectivity index (χ0n) is 13.7. The van der Waals surface area contributed by atoms with Gasteiger partial charge < -0.3 is 9.84 Å². The van der Waals surface area contributed by atoms with E-state index in [-0.39, 0.29) is 29.1 Å². The average Bonchev–Trinajstić information content (AvgIpc) is 3.41. The Balaban J connectivity index is 1.86. The van der Waals surface area contributed by atoms with Crippen LogP contribution < -0.4 is 9.64 Å². The smallest absolute Gasteiger partial charge is 0.420 e. The summed E-state index contributed by atoms with van der Waals surface area (Å²) in [5.74, 6) is -0.563. The lowest BCUT2D eigenvalue weighted by Gasteiger charge is -2.16. The fraction of sp³-hybridized carbons (Fsp3) is 0.250. The van der Waals surface area contributed by atoms with Gasteiger partial charge in [-0.2, -0.15) is 4.90 Å². The summed E-state index contributed by atoms with van der Waals surface area (Å²) in [6.45, 7) is 1.59. The Morgan fingerprint density at radius 1 is 1.35 bits per heavy atom. The molecule has 1 saturated carbocycles. The van der Waals surface area contributed by atoms with Gasteiger partial charge in [-0.25, -0.2) is 14.8 Å². The molecule has 0 unspecified atom stereocenters. The van der Waals surface area contributed by atoms with E-state index in [1.807, 2.05) is 0 Å². The van der Waals surface area contributed by atoms with Crippen molar-refractivity contribution in [3.05, 3.63) is 46.3 Å². The molecule has 0 saturated heterocycles. The van der Waals surface area contributed by atoms with Crippen LogP contribution in [0.25, 0.3) is 0 Å². The first kappa shape index (κ1) is 17.3. The van der Waals surface area contributed by atoms with Crippen molar-refractivity contribution in [2.24, 2.45) is 5.92 Å². The molecule has 2 heterocycles. The summed E-state index contributed by atoms with van der Waals surface area (Å²) in [7, 11) is 0. The van der Waals surface area contributed by atoms with Gasteiger partial charge in [-0.05, 0) is 25.8 Å². The SMILES string of the molecule is Cc1cc([N+](=O)[O-])cnc1Oc1ccnc(N(C(=O)O)C(=O)C2CC2)c1. The normalized spacial score (nSPS) is 13.1. The highest BCUT2D eigenvalue weighted by Crippen LogP contribution is 2.33. The number of rotatable bonds is 5. The number of carboxylic acid groups (broad SMARTS) is 1. The highest BCUT2D eigenvalue weighted by Gasteiger charge is 2.37. The molecule has 3 rings (SSSR count). The molecule has 26 heavy (non-hydrogen) atoms. The quantitative estimate of drug-likeness (QED) is 0.636. The fourth-order valence-corrected chi connectivity index (χ4v) is 2.27. The Kier molecular flexibility index (Phi) is 4.48. The fourth-order valence-electron chi connectivity index (χ4n) is 2.27. The van der Waals surface area contributed by atoms with E-state index in [0.717, 1.165) is 6.20 Å². The van der Waals surface area contributed by atoms with Crippen molar-refractivity contribution < 1.29 is 24.4 Å². The number of amides is 2. The van der Waals surface area contributed by atoms with Crippen molar-refractivity contribution in [3.8, 4) is 11.6 Å². The molecule has 0 radical (unpaired) electrons. The van der Waals surface area contributed by atoms with E-state index in [1.165, 1.54) is 24.4 Å². The first-order valence-electron chi connectivity index (χ1n) is 7.68.